The van der Waals surface area contributed by atoms with E-state index < -0.39 is 5.41 Å². The van der Waals surface area contributed by atoms with Gasteiger partial charge in [0.1, 0.15) is 0 Å². The maximum absolute atomic E-state index is 2.47. The summed E-state index contributed by atoms with van der Waals surface area (Å²) in [7, 11) is 0. The van der Waals surface area contributed by atoms with Crippen LogP contribution in [0.2, 0.25) is 0 Å². The van der Waals surface area contributed by atoms with Gasteiger partial charge in [0.25, 0.3) is 0 Å². The van der Waals surface area contributed by atoms with E-state index >= 15 is 0 Å². The molecule has 0 spiro atoms. The maximum atomic E-state index is 2.47. The zero-order valence-electron chi connectivity index (χ0n) is 32.5. The van der Waals surface area contributed by atoms with Crippen LogP contribution in [0.3, 0.4) is 0 Å². The van der Waals surface area contributed by atoms with Crippen LogP contribution in [0, 0.1) is 0 Å². The number of anilines is 3. The van der Waals surface area contributed by atoms with Crippen LogP contribution in [0.15, 0.2) is 200 Å². The molecule has 10 rings (SSSR count). The number of fused-ring (bicyclic) bond motifs is 6. The van der Waals surface area contributed by atoms with Crippen LogP contribution in [0.5, 0.6) is 0 Å². The lowest BCUT2D eigenvalue weighted by atomic mass is 9.55. The van der Waals surface area contributed by atoms with Crippen LogP contribution in [0.4, 0.5) is 17.1 Å². The molecular weight excluding hydrogens is 675 g/mol. The smallest absolute Gasteiger partial charge is 0.0714 e. The van der Waals surface area contributed by atoms with Crippen LogP contribution >= 0.6 is 0 Å². The summed E-state index contributed by atoms with van der Waals surface area (Å²) in [5.74, 6) is 0. The lowest BCUT2D eigenvalue weighted by molar-refractivity contribution is 0.299. The Morgan fingerprint density at radius 1 is 0.304 bits per heavy atom. The number of nitrogens with zero attached hydrogens (tertiary/aromatic N) is 1. The van der Waals surface area contributed by atoms with Crippen molar-refractivity contribution in [1.29, 1.82) is 0 Å². The van der Waals surface area contributed by atoms with Gasteiger partial charge in [-0.15, -0.1) is 0 Å². The summed E-state index contributed by atoms with van der Waals surface area (Å²) in [6.45, 7) is 9.66. The van der Waals surface area contributed by atoms with Crippen LogP contribution in [-0.4, -0.2) is 0 Å². The molecule has 0 fully saturated rings. The van der Waals surface area contributed by atoms with Crippen molar-refractivity contribution in [3.05, 3.63) is 234 Å². The van der Waals surface area contributed by atoms with E-state index in [1.807, 2.05) is 0 Å². The highest BCUT2D eigenvalue weighted by Crippen LogP contribution is 2.58. The fraction of sp³-hybridized carbons (Fsp3) is 0.127. The maximum Gasteiger partial charge on any atom is 0.0714 e. The van der Waals surface area contributed by atoms with Crippen LogP contribution in [0.1, 0.15) is 61.1 Å². The lowest BCUT2D eigenvalue weighted by Gasteiger charge is -2.48. The fourth-order valence-electron chi connectivity index (χ4n) is 9.83. The molecule has 0 aromatic heterocycles. The van der Waals surface area contributed by atoms with Crippen molar-refractivity contribution >= 4 is 17.1 Å². The van der Waals surface area contributed by atoms with E-state index in [0.717, 1.165) is 17.1 Å². The van der Waals surface area contributed by atoms with Gasteiger partial charge >= 0.3 is 0 Å². The molecular formula is C55H45N. The first-order chi connectivity index (χ1) is 27.3. The molecule has 0 radical (unpaired) electrons. The van der Waals surface area contributed by atoms with Gasteiger partial charge in [-0.1, -0.05) is 191 Å². The van der Waals surface area contributed by atoms with Crippen molar-refractivity contribution in [3.63, 3.8) is 0 Å². The molecule has 8 aromatic rings. The Balaban J connectivity index is 1.21. The van der Waals surface area contributed by atoms with Gasteiger partial charge < -0.3 is 4.90 Å². The van der Waals surface area contributed by atoms with E-state index in [4.69, 9.17) is 0 Å². The second kappa shape index (κ2) is 12.8. The van der Waals surface area contributed by atoms with E-state index in [2.05, 4.69) is 233 Å². The third kappa shape index (κ3) is 4.93. The molecule has 0 amide bonds. The first-order valence-corrected chi connectivity index (χ1v) is 19.9. The zero-order valence-corrected chi connectivity index (χ0v) is 32.5. The summed E-state index contributed by atoms with van der Waals surface area (Å²) in [5, 5.41) is 0. The van der Waals surface area contributed by atoms with Crippen molar-refractivity contribution in [1.82, 2.24) is 0 Å². The van der Waals surface area contributed by atoms with E-state index in [1.165, 1.54) is 66.8 Å². The number of benzene rings is 8. The largest absolute Gasteiger partial charge is 0.310 e. The molecule has 0 atom stereocenters. The molecule has 1 nitrogen and oxygen atoms in total. The molecule has 8 aromatic carbocycles. The molecule has 270 valence electrons. The molecule has 0 bridgehead atoms. The third-order valence-corrected chi connectivity index (χ3v) is 13.3. The van der Waals surface area contributed by atoms with Gasteiger partial charge in [0.15, 0.2) is 0 Å². The van der Waals surface area contributed by atoms with E-state index in [1.54, 1.807) is 0 Å². The molecule has 0 saturated carbocycles. The van der Waals surface area contributed by atoms with E-state index in [0.29, 0.717) is 0 Å². The Hall–Kier alpha value is -6.44. The molecule has 0 aliphatic heterocycles. The molecule has 0 N–H and O–H groups in total. The Morgan fingerprint density at radius 2 is 0.750 bits per heavy atom. The molecule has 0 unspecified atom stereocenters. The SMILES string of the molecule is CC1(C)c2ccccc2-c2ccc(N(c3ccc(-c4ccccc4)cc3)c3cccc(C4(c5ccccc5)c5ccccc5-c5ccccc54)c3)cc2C1(C)C. The van der Waals surface area contributed by atoms with Crippen LogP contribution in [0.25, 0.3) is 33.4 Å². The number of rotatable bonds is 6. The minimum atomic E-state index is -0.487. The fourth-order valence-corrected chi connectivity index (χ4v) is 9.83. The van der Waals surface area contributed by atoms with Crippen molar-refractivity contribution < 1.29 is 0 Å². The van der Waals surface area contributed by atoms with Crippen molar-refractivity contribution in [2.45, 2.75) is 43.9 Å². The average Bonchev–Trinajstić information content (AvgIpc) is 3.55. The highest BCUT2D eigenvalue weighted by molar-refractivity contribution is 5.88. The molecule has 2 aliphatic carbocycles. The second-order valence-corrected chi connectivity index (χ2v) is 16.5. The number of hydrogen-bond acceptors (Lipinski definition) is 1. The summed E-state index contributed by atoms with van der Waals surface area (Å²) in [4.78, 5) is 2.47. The topological polar surface area (TPSA) is 3.24 Å². The Labute approximate surface area is 331 Å². The average molecular weight is 720 g/mol. The normalized spacial score (nSPS) is 15.2. The van der Waals surface area contributed by atoms with Crippen molar-refractivity contribution in [2.24, 2.45) is 0 Å². The second-order valence-electron chi connectivity index (χ2n) is 16.5. The Kier molecular flexibility index (Phi) is 7.80. The summed E-state index contributed by atoms with van der Waals surface area (Å²) in [5.41, 5.74) is 18.3. The minimum absolute atomic E-state index is 0.0668. The Morgan fingerprint density at radius 3 is 1.39 bits per heavy atom. The molecule has 2 aliphatic rings. The van der Waals surface area contributed by atoms with E-state index in [9.17, 15) is 0 Å². The molecule has 0 heterocycles. The summed E-state index contributed by atoms with van der Waals surface area (Å²) in [6, 6.07) is 74.3. The molecule has 1 heteroatoms. The predicted molar refractivity (Wildman–Crippen MR) is 235 cm³/mol. The highest BCUT2D eigenvalue weighted by Gasteiger charge is 2.47. The highest BCUT2D eigenvalue weighted by atomic mass is 15.1. The summed E-state index contributed by atoms with van der Waals surface area (Å²) >= 11 is 0. The van der Waals surface area contributed by atoms with Crippen molar-refractivity contribution in [3.8, 4) is 33.4 Å². The number of hydrogen-bond donors (Lipinski definition) is 0. The van der Waals surface area contributed by atoms with Gasteiger partial charge in [-0.3, -0.25) is 0 Å². The van der Waals surface area contributed by atoms with Gasteiger partial charge in [0, 0.05) is 17.1 Å². The Bertz CT molecular complexity index is 2690. The quantitative estimate of drug-likeness (QED) is 0.165. The summed E-state index contributed by atoms with van der Waals surface area (Å²) in [6.07, 6.45) is 0. The minimum Gasteiger partial charge on any atom is -0.310 e. The van der Waals surface area contributed by atoms with E-state index in [-0.39, 0.29) is 10.8 Å². The van der Waals surface area contributed by atoms with Gasteiger partial charge in [-0.05, 0) is 114 Å². The zero-order chi connectivity index (χ0) is 38.1. The lowest BCUT2D eigenvalue weighted by Crippen LogP contribution is -2.43. The van der Waals surface area contributed by atoms with Gasteiger partial charge in [-0.25, -0.2) is 0 Å². The standard InChI is InChI=1S/C55H45N/c1-53(2)49-27-14-11-24-45(49)48-35-34-44(37-52(48)54(53,3)4)56(42-32-30-39(31-33-42)38-18-7-5-8-19-38)43-23-17-22-41(36-43)55(40-20-9-6-10-21-40)50-28-15-12-25-46(50)47-26-13-16-29-51(47)55/h5-37H,1-4H3. The molecule has 0 saturated heterocycles. The van der Waals surface area contributed by atoms with Crippen LogP contribution < -0.4 is 4.90 Å². The van der Waals surface area contributed by atoms with Gasteiger partial charge in [0.05, 0.1) is 5.41 Å². The third-order valence-electron chi connectivity index (χ3n) is 13.3. The van der Waals surface area contributed by atoms with Gasteiger partial charge in [-0.2, -0.15) is 0 Å². The predicted octanol–water partition coefficient (Wildman–Crippen LogP) is 14.4. The summed E-state index contributed by atoms with van der Waals surface area (Å²) < 4.78 is 0. The first-order valence-electron chi connectivity index (χ1n) is 19.9. The first kappa shape index (κ1) is 34.1. The molecule has 56 heavy (non-hydrogen) atoms. The van der Waals surface area contributed by atoms with Crippen LogP contribution in [-0.2, 0) is 16.2 Å². The van der Waals surface area contributed by atoms with Gasteiger partial charge in [0.2, 0.25) is 0 Å². The monoisotopic (exact) mass is 719 g/mol. The van der Waals surface area contributed by atoms with Crippen molar-refractivity contribution in [2.75, 3.05) is 4.90 Å².